The fraction of sp³-hybridized carbons (Fsp3) is 0.769. The molecule has 2 heterocycles. The van der Waals surface area contributed by atoms with E-state index in [9.17, 15) is 8.42 Å². The van der Waals surface area contributed by atoms with Crippen molar-refractivity contribution >= 4 is 10.0 Å². The Morgan fingerprint density at radius 1 is 1.40 bits per heavy atom. The third kappa shape index (κ3) is 2.38. The van der Waals surface area contributed by atoms with Gasteiger partial charge in [0.05, 0.1) is 6.20 Å². The second-order valence-electron chi connectivity index (χ2n) is 5.96. The summed E-state index contributed by atoms with van der Waals surface area (Å²) in [5.41, 5.74) is 5.99. The van der Waals surface area contributed by atoms with Gasteiger partial charge in [0.2, 0.25) is 0 Å². The Hall–Kier alpha value is -0.920. The molecule has 1 saturated carbocycles. The van der Waals surface area contributed by atoms with Gasteiger partial charge in [0.25, 0.3) is 10.0 Å². The van der Waals surface area contributed by atoms with E-state index in [1.54, 1.807) is 4.31 Å². The van der Waals surface area contributed by atoms with Crippen molar-refractivity contribution in [2.75, 3.05) is 13.1 Å². The van der Waals surface area contributed by atoms with Crippen molar-refractivity contribution in [2.24, 2.45) is 17.6 Å². The monoisotopic (exact) mass is 298 g/mol. The number of nitrogens with zero attached hydrogens (tertiary/aromatic N) is 2. The van der Waals surface area contributed by atoms with E-state index in [1.807, 2.05) is 6.92 Å². The zero-order chi connectivity index (χ0) is 14.3. The first-order valence-corrected chi connectivity index (χ1v) is 8.74. The van der Waals surface area contributed by atoms with Gasteiger partial charge in [0.15, 0.2) is 5.03 Å². The number of rotatable bonds is 3. The van der Waals surface area contributed by atoms with Crippen LogP contribution in [0.3, 0.4) is 0 Å². The Labute approximate surface area is 119 Å². The lowest BCUT2D eigenvalue weighted by Gasteiger charge is -2.28. The number of nitrogens with one attached hydrogen (secondary N) is 1. The van der Waals surface area contributed by atoms with Crippen LogP contribution >= 0.6 is 0 Å². The molecule has 1 saturated heterocycles. The van der Waals surface area contributed by atoms with Crippen LogP contribution in [0.2, 0.25) is 0 Å². The standard InChI is InChI=1S/C13H22N4O2S/c1-2-12-15-6-13(16-12)20(18,19)17-7-9-3-4-11(14)5-10(9)8-17/h6,9-11H,2-5,7-8,14H2,1H3,(H,15,16)/t9-,10+,11?/m1/s1. The largest absolute Gasteiger partial charge is 0.332 e. The van der Waals surface area contributed by atoms with Gasteiger partial charge >= 0.3 is 0 Å². The lowest BCUT2D eigenvalue weighted by Crippen LogP contribution is -2.32. The number of hydrogen-bond acceptors (Lipinski definition) is 4. The predicted octanol–water partition coefficient (Wildman–Crippen LogP) is 0.720. The quantitative estimate of drug-likeness (QED) is 0.860. The molecule has 3 N–H and O–H groups in total. The van der Waals surface area contributed by atoms with Crippen LogP contribution in [0, 0.1) is 11.8 Å². The smallest absolute Gasteiger partial charge is 0.260 e. The number of nitrogens with two attached hydrogens (primary N) is 1. The second-order valence-corrected chi connectivity index (χ2v) is 7.87. The summed E-state index contributed by atoms with van der Waals surface area (Å²) in [6.07, 6.45) is 5.14. The normalized spacial score (nSPS) is 31.4. The van der Waals surface area contributed by atoms with Gasteiger partial charge < -0.3 is 10.7 Å². The summed E-state index contributed by atoms with van der Waals surface area (Å²) in [6, 6.07) is 0.234. The molecule has 112 valence electrons. The molecule has 3 atom stereocenters. The van der Waals surface area contributed by atoms with Crippen LogP contribution in [0.25, 0.3) is 0 Å². The second kappa shape index (κ2) is 5.13. The van der Waals surface area contributed by atoms with Crippen molar-refractivity contribution in [3.05, 3.63) is 12.0 Å². The minimum absolute atomic E-state index is 0.220. The highest BCUT2D eigenvalue weighted by atomic mass is 32.2. The molecule has 0 bridgehead atoms. The summed E-state index contributed by atoms with van der Waals surface area (Å²) in [4.78, 5) is 7.00. The number of hydrogen-bond donors (Lipinski definition) is 2. The SMILES string of the molecule is CCc1ncc(S(=O)(=O)N2C[C@H]3CCC(N)C[C@H]3C2)[nH]1. The average molecular weight is 298 g/mol. The van der Waals surface area contributed by atoms with E-state index in [2.05, 4.69) is 9.97 Å². The molecule has 0 radical (unpaired) electrons. The maximum Gasteiger partial charge on any atom is 0.260 e. The maximum atomic E-state index is 12.6. The van der Waals surface area contributed by atoms with Gasteiger partial charge in [-0.25, -0.2) is 13.4 Å². The Balaban J connectivity index is 1.79. The van der Waals surface area contributed by atoms with E-state index in [-0.39, 0.29) is 11.1 Å². The summed E-state index contributed by atoms with van der Waals surface area (Å²) in [5.74, 6) is 1.60. The summed E-state index contributed by atoms with van der Waals surface area (Å²) >= 11 is 0. The van der Waals surface area contributed by atoms with Crippen molar-refractivity contribution in [2.45, 2.75) is 43.7 Å². The molecule has 1 aliphatic carbocycles. The molecule has 0 amide bonds. The van der Waals surface area contributed by atoms with Crippen LogP contribution in [-0.4, -0.2) is 41.8 Å². The molecule has 1 aromatic rings. The van der Waals surface area contributed by atoms with Crippen LogP contribution < -0.4 is 5.73 Å². The van der Waals surface area contributed by atoms with Gasteiger partial charge in [-0.1, -0.05) is 6.92 Å². The zero-order valence-corrected chi connectivity index (χ0v) is 12.6. The van der Waals surface area contributed by atoms with E-state index in [1.165, 1.54) is 6.20 Å². The van der Waals surface area contributed by atoms with Gasteiger partial charge in [-0.05, 0) is 31.1 Å². The Kier molecular flexibility index (Phi) is 3.60. The fourth-order valence-corrected chi connectivity index (χ4v) is 4.90. The number of H-pyrrole nitrogens is 1. The zero-order valence-electron chi connectivity index (χ0n) is 11.7. The van der Waals surface area contributed by atoms with Gasteiger partial charge in [0.1, 0.15) is 5.82 Å². The minimum atomic E-state index is -3.43. The molecular formula is C13H22N4O2S. The van der Waals surface area contributed by atoms with E-state index >= 15 is 0 Å². The number of imidazole rings is 1. The van der Waals surface area contributed by atoms with Crippen LogP contribution in [-0.2, 0) is 16.4 Å². The van der Waals surface area contributed by atoms with Gasteiger partial charge in [-0.15, -0.1) is 0 Å². The maximum absolute atomic E-state index is 12.6. The number of aromatic amines is 1. The Morgan fingerprint density at radius 3 is 2.85 bits per heavy atom. The van der Waals surface area contributed by atoms with Crippen molar-refractivity contribution < 1.29 is 8.42 Å². The summed E-state index contributed by atoms with van der Waals surface area (Å²) in [7, 11) is -3.43. The molecule has 0 aromatic carbocycles. The fourth-order valence-electron chi connectivity index (χ4n) is 3.41. The van der Waals surface area contributed by atoms with E-state index in [4.69, 9.17) is 5.73 Å². The molecule has 1 aliphatic heterocycles. The molecule has 2 aliphatic rings. The average Bonchev–Trinajstić information content (AvgIpc) is 3.04. The van der Waals surface area contributed by atoms with Gasteiger partial charge in [-0.2, -0.15) is 4.31 Å². The highest BCUT2D eigenvalue weighted by Crippen LogP contribution is 2.37. The molecule has 7 heteroatoms. The molecular weight excluding hydrogens is 276 g/mol. The van der Waals surface area contributed by atoms with Crippen molar-refractivity contribution in [3.63, 3.8) is 0 Å². The molecule has 3 rings (SSSR count). The first-order chi connectivity index (χ1) is 9.50. The van der Waals surface area contributed by atoms with Gasteiger partial charge in [-0.3, -0.25) is 0 Å². The minimum Gasteiger partial charge on any atom is -0.332 e. The van der Waals surface area contributed by atoms with Crippen molar-refractivity contribution in [1.82, 2.24) is 14.3 Å². The molecule has 0 spiro atoms. The summed E-state index contributed by atoms with van der Waals surface area (Å²) in [6.45, 7) is 3.17. The van der Waals surface area contributed by atoms with Crippen molar-refractivity contribution in [3.8, 4) is 0 Å². The van der Waals surface area contributed by atoms with Crippen LogP contribution in [0.15, 0.2) is 11.2 Å². The first-order valence-electron chi connectivity index (χ1n) is 7.30. The third-order valence-corrected chi connectivity index (χ3v) is 6.36. The van der Waals surface area contributed by atoms with Gasteiger partial charge in [0, 0.05) is 25.6 Å². The number of aryl methyl sites for hydroxylation is 1. The van der Waals surface area contributed by atoms with E-state index < -0.39 is 10.0 Å². The van der Waals surface area contributed by atoms with E-state index in [0.29, 0.717) is 37.2 Å². The molecule has 1 unspecified atom stereocenters. The lowest BCUT2D eigenvalue weighted by molar-refractivity contribution is 0.271. The van der Waals surface area contributed by atoms with Crippen LogP contribution in [0.5, 0.6) is 0 Å². The third-order valence-electron chi connectivity index (χ3n) is 4.61. The molecule has 20 heavy (non-hydrogen) atoms. The summed E-state index contributed by atoms with van der Waals surface area (Å²) in [5, 5.41) is 0.220. The summed E-state index contributed by atoms with van der Waals surface area (Å²) < 4.78 is 26.8. The Morgan fingerprint density at radius 2 is 2.15 bits per heavy atom. The predicted molar refractivity (Wildman–Crippen MR) is 75.5 cm³/mol. The molecule has 1 aromatic heterocycles. The number of fused-ring (bicyclic) bond motifs is 1. The topological polar surface area (TPSA) is 92.1 Å². The number of aromatic nitrogens is 2. The highest BCUT2D eigenvalue weighted by Gasteiger charge is 2.42. The van der Waals surface area contributed by atoms with Crippen molar-refractivity contribution in [1.29, 1.82) is 0 Å². The van der Waals surface area contributed by atoms with Crippen LogP contribution in [0.4, 0.5) is 0 Å². The lowest BCUT2D eigenvalue weighted by atomic mass is 9.79. The van der Waals surface area contributed by atoms with Crippen LogP contribution in [0.1, 0.15) is 32.0 Å². The molecule has 6 nitrogen and oxygen atoms in total. The first kappa shape index (κ1) is 14.0. The Bertz CT molecular complexity index is 583. The number of sulfonamides is 1. The van der Waals surface area contributed by atoms with E-state index in [0.717, 1.165) is 19.3 Å². The highest BCUT2D eigenvalue weighted by molar-refractivity contribution is 7.89. The molecule has 2 fully saturated rings.